The zero-order chi connectivity index (χ0) is 14.8. The molecule has 20 heavy (non-hydrogen) atoms. The van der Waals surface area contributed by atoms with Crippen molar-refractivity contribution in [1.29, 1.82) is 0 Å². The van der Waals surface area contributed by atoms with Crippen LogP contribution in [-0.2, 0) is 0 Å². The second-order valence-corrected chi connectivity index (χ2v) is 8.04. The summed E-state index contributed by atoms with van der Waals surface area (Å²) in [6, 6.07) is 1.43. The van der Waals surface area contributed by atoms with Crippen LogP contribution in [0.15, 0.2) is 0 Å². The summed E-state index contributed by atoms with van der Waals surface area (Å²) in [5.41, 5.74) is 0.337. The number of rotatable bonds is 4. The number of piperazine rings is 1. The zero-order valence-electron chi connectivity index (χ0n) is 14.4. The van der Waals surface area contributed by atoms with Crippen LogP contribution in [0.2, 0.25) is 0 Å². The van der Waals surface area contributed by atoms with Crippen molar-refractivity contribution in [1.82, 2.24) is 10.2 Å². The van der Waals surface area contributed by atoms with E-state index in [0.29, 0.717) is 11.6 Å². The van der Waals surface area contributed by atoms with Crippen molar-refractivity contribution in [2.24, 2.45) is 11.8 Å². The molecule has 1 aliphatic heterocycles. The maximum absolute atomic E-state index is 3.90. The van der Waals surface area contributed by atoms with Gasteiger partial charge in [0.25, 0.3) is 0 Å². The van der Waals surface area contributed by atoms with E-state index in [-0.39, 0.29) is 0 Å². The van der Waals surface area contributed by atoms with Crippen molar-refractivity contribution in [3.63, 3.8) is 0 Å². The Hall–Kier alpha value is -0.0800. The average molecular weight is 280 g/mol. The summed E-state index contributed by atoms with van der Waals surface area (Å²) in [6.07, 6.45) is 8.51. The number of hydrogen-bond donors (Lipinski definition) is 1. The van der Waals surface area contributed by atoms with Gasteiger partial charge < -0.3 is 5.32 Å². The van der Waals surface area contributed by atoms with Crippen LogP contribution in [0.4, 0.5) is 0 Å². The Bertz CT molecular complexity index is 292. The molecule has 2 nitrogen and oxygen atoms in total. The molecule has 0 aromatic heterocycles. The minimum absolute atomic E-state index is 0.337. The fourth-order valence-corrected chi connectivity index (χ4v) is 4.14. The summed E-state index contributed by atoms with van der Waals surface area (Å²) < 4.78 is 0. The Balaban J connectivity index is 2.07. The van der Waals surface area contributed by atoms with Gasteiger partial charge in [0.15, 0.2) is 0 Å². The number of nitrogens with zero attached hydrogens (tertiary/aromatic N) is 1. The molecule has 0 spiro atoms. The van der Waals surface area contributed by atoms with E-state index >= 15 is 0 Å². The molecule has 0 bridgehead atoms. The molecular weight excluding hydrogens is 244 g/mol. The summed E-state index contributed by atoms with van der Waals surface area (Å²) in [5, 5.41) is 3.90. The van der Waals surface area contributed by atoms with Gasteiger partial charge in [-0.3, -0.25) is 4.90 Å². The summed E-state index contributed by atoms with van der Waals surface area (Å²) in [4.78, 5) is 2.83. The van der Waals surface area contributed by atoms with Gasteiger partial charge in [-0.05, 0) is 44.9 Å². The molecule has 0 radical (unpaired) electrons. The molecule has 2 aliphatic rings. The Morgan fingerprint density at radius 3 is 2.35 bits per heavy atom. The van der Waals surface area contributed by atoms with Crippen LogP contribution in [0, 0.1) is 11.8 Å². The predicted octanol–water partition coefficient (Wildman–Crippen LogP) is 4.05. The van der Waals surface area contributed by atoms with Crippen LogP contribution in [0.25, 0.3) is 0 Å². The lowest BCUT2D eigenvalue weighted by molar-refractivity contribution is -0.00536. The second-order valence-electron chi connectivity index (χ2n) is 8.04. The van der Waals surface area contributed by atoms with E-state index < -0.39 is 0 Å². The fourth-order valence-electron chi connectivity index (χ4n) is 4.14. The second kappa shape index (κ2) is 6.79. The van der Waals surface area contributed by atoms with Crippen molar-refractivity contribution in [2.45, 2.75) is 90.8 Å². The first-order chi connectivity index (χ1) is 9.45. The quantitative estimate of drug-likeness (QED) is 0.835. The van der Waals surface area contributed by atoms with Gasteiger partial charge in [0.2, 0.25) is 0 Å². The van der Waals surface area contributed by atoms with Gasteiger partial charge in [-0.15, -0.1) is 0 Å². The Morgan fingerprint density at radius 2 is 1.80 bits per heavy atom. The van der Waals surface area contributed by atoms with Gasteiger partial charge in [0, 0.05) is 30.7 Å². The smallest absolute Gasteiger partial charge is 0.0249 e. The van der Waals surface area contributed by atoms with Crippen LogP contribution < -0.4 is 5.32 Å². The Kier molecular flexibility index (Phi) is 5.53. The molecule has 118 valence electrons. The van der Waals surface area contributed by atoms with Crippen LogP contribution in [-0.4, -0.2) is 35.6 Å². The van der Waals surface area contributed by atoms with E-state index in [9.17, 15) is 0 Å². The lowest BCUT2D eigenvalue weighted by Gasteiger charge is -2.52. The maximum Gasteiger partial charge on any atom is 0.0249 e. The van der Waals surface area contributed by atoms with E-state index in [1.54, 1.807) is 0 Å². The predicted molar refractivity (Wildman–Crippen MR) is 88.1 cm³/mol. The van der Waals surface area contributed by atoms with E-state index in [2.05, 4.69) is 44.8 Å². The van der Waals surface area contributed by atoms with Crippen molar-refractivity contribution >= 4 is 0 Å². The third-order valence-corrected chi connectivity index (χ3v) is 6.01. The van der Waals surface area contributed by atoms with Crippen LogP contribution >= 0.6 is 0 Å². The standard InChI is InChI=1S/C18H36N2/c1-6-18(4,5)20-13-16(15-10-8-7-9-11-15)19-12-17(20)14(2)3/h14-17,19H,6-13H2,1-5H3. The molecule has 0 aromatic rings. The van der Waals surface area contributed by atoms with Gasteiger partial charge >= 0.3 is 0 Å². The molecule has 2 fully saturated rings. The number of nitrogens with one attached hydrogen (secondary N) is 1. The summed E-state index contributed by atoms with van der Waals surface area (Å²) >= 11 is 0. The first-order valence-electron chi connectivity index (χ1n) is 8.96. The third-order valence-electron chi connectivity index (χ3n) is 6.01. The largest absolute Gasteiger partial charge is 0.311 e. The van der Waals surface area contributed by atoms with Crippen molar-refractivity contribution in [3.8, 4) is 0 Å². The summed E-state index contributed by atoms with van der Waals surface area (Å²) in [7, 11) is 0. The molecule has 1 aliphatic carbocycles. The lowest BCUT2D eigenvalue weighted by atomic mass is 9.80. The molecule has 1 heterocycles. The van der Waals surface area contributed by atoms with Gasteiger partial charge in [-0.1, -0.05) is 40.0 Å². The molecule has 1 saturated carbocycles. The normalized spacial score (nSPS) is 30.9. The SMILES string of the molecule is CCC(C)(C)N1CC(C2CCCCC2)NCC1C(C)C. The molecule has 1 saturated heterocycles. The topological polar surface area (TPSA) is 15.3 Å². The van der Waals surface area contributed by atoms with Gasteiger partial charge in [-0.25, -0.2) is 0 Å². The fraction of sp³-hybridized carbons (Fsp3) is 1.00. The number of hydrogen-bond acceptors (Lipinski definition) is 2. The lowest BCUT2D eigenvalue weighted by Crippen LogP contribution is -2.65. The highest BCUT2D eigenvalue weighted by Crippen LogP contribution is 2.32. The molecular formula is C18H36N2. The highest BCUT2D eigenvalue weighted by atomic mass is 15.3. The Morgan fingerprint density at radius 1 is 1.15 bits per heavy atom. The molecule has 1 N–H and O–H groups in total. The molecule has 0 amide bonds. The molecule has 2 atom stereocenters. The van der Waals surface area contributed by atoms with Crippen molar-refractivity contribution in [2.75, 3.05) is 13.1 Å². The van der Waals surface area contributed by atoms with Crippen molar-refractivity contribution < 1.29 is 0 Å². The monoisotopic (exact) mass is 280 g/mol. The minimum Gasteiger partial charge on any atom is -0.311 e. The van der Waals surface area contributed by atoms with Gasteiger partial charge in [-0.2, -0.15) is 0 Å². The van der Waals surface area contributed by atoms with Gasteiger partial charge in [0.1, 0.15) is 0 Å². The average Bonchev–Trinajstić information content (AvgIpc) is 2.47. The summed E-state index contributed by atoms with van der Waals surface area (Å²) in [6.45, 7) is 14.4. The molecule has 2 heteroatoms. The molecule has 2 unspecified atom stereocenters. The summed E-state index contributed by atoms with van der Waals surface area (Å²) in [5.74, 6) is 1.66. The third kappa shape index (κ3) is 3.57. The highest BCUT2D eigenvalue weighted by Gasteiger charge is 2.39. The van der Waals surface area contributed by atoms with Gasteiger partial charge in [0.05, 0.1) is 0 Å². The maximum atomic E-state index is 3.90. The van der Waals surface area contributed by atoms with E-state index in [1.807, 2.05) is 0 Å². The molecule has 2 rings (SSSR count). The van der Waals surface area contributed by atoms with E-state index in [1.165, 1.54) is 51.6 Å². The van der Waals surface area contributed by atoms with Crippen LogP contribution in [0.3, 0.4) is 0 Å². The highest BCUT2D eigenvalue weighted by molar-refractivity contribution is 4.97. The Labute approximate surface area is 126 Å². The van der Waals surface area contributed by atoms with Crippen LogP contribution in [0.1, 0.15) is 73.1 Å². The minimum atomic E-state index is 0.337. The van der Waals surface area contributed by atoms with E-state index in [0.717, 1.165) is 17.9 Å². The van der Waals surface area contributed by atoms with E-state index in [4.69, 9.17) is 0 Å². The zero-order valence-corrected chi connectivity index (χ0v) is 14.4. The first kappa shape index (κ1) is 16.3. The first-order valence-corrected chi connectivity index (χ1v) is 8.96. The van der Waals surface area contributed by atoms with Crippen LogP contribution in [0.5, 0.6) is 0 Å². The van der Waals surface area contributed by atoms with Crippen molar-refractivity contribution in [3.05, 3.63) is 0 Å². The molecule has 0 aromatic carbocycles.